The zero-order valence-corrected chi connectivity index (χ0v) is 12.9. The van der Waals surface area contributed by atoms with E-state index in [0.717, 1.165) is 16.6 Å². The molecule has 2 nitrogen and oxygen atoms in total. The number of fused-ring (bicyclic) bond motifs is 1. The van der Waals surface area contributed by atoms with Gasteiger partial charge in [-0.1, -0.05) is 29.8 Å². The molecule has 0 unspecified atom stereocenters. The van der Waals surface area contributed by atoms with Crippen molar-refractivity contribution in [2.45, 2.75) is 13.3 Å². The highest BCUT2D eigenvalue weighted by Crippen LogP contribution is 2.30. The van der Waals surface area contributed by atoms with E-state index in [1.54, 1.807) is 16.7 Å². The second-order valence-corrected chi connectivity index (χ2v) is 5.60. The summed E-state index contributed by atoms with van der Waals surface area (Å²) in [5, 5.41) is 0.355. The third kappa shape index (κ3) is 2.41. The third-order valence-electron chi connectivity index (χ3n) is 3.43. The van der Waals surface area contributed by atoms with E-state index in [2.05, 4.69) is 4.98 Å². The molecule has 0 amide bonds. The van der Waals surface area contributed by atoms with Gasteiger partial charge in [0.05, 0.1) is 16.1 Å². The molecule has 0 atom stereocenters. The number of para-hydroxylation sites is 2. The average Bonchev–Trinajstić information content (AvgIpc) is 2.79. The Morgan fingerprint density at radius 1 is 1.19 bits per heavy atom. The van der Waals surface area contributed by atoms with Crippen molar-refractivity contribution in [3.8, 4) is 5.69 Å². The second kappa shape index (κ2) is 5.66. The minimum absolute atomic E-state index is 0.330. The first-order valence-corrected chi connectivity index (χ1v) is 7.52. The van der Waals surface area contributed by atoms with Crippen LogP contribution in [0.1, 0.15) is 11.4 Å². The molecule has 0 bridgehead atoms. The van der Waals surface area contributed by atoms with Crippen LogP contribution in [0.2, 0.25) is 5.02 Å². The molecule has 0 aliphatic heterocycles. The highest BCUT2D eigenvalue weighted by Gasteiger charge is 2.18. The highest BCUT2D eigenvalue weighted by molar-refractivity contribution is 6.32. The van der Waals surface area contributed by atoms with Crippen molar-refractivity contribution in [2.24, 2.45) is 0 Å². The van der Waals surface area contributed by atoms with Gasteiger partial charge in [-0.05, 0) is 30.7 Å². The van der Waals surface area contributed by atoms with Gasteiger partial charge in [0.1, 0.15) is 17.3 Å². The second-order valence-electron chi connectivity index (χ2n) is 4.82. The fourth-order valence-electron chi connectivity index (χ4n) is 2.54. The maximum absolute atomic E-state index is 14.3. The van der Waals surface area contributed by atoms with Crippen molar-refractivity contribution < 1.29 is 4.39 Å². The first-order valence-electron chi connectivity index (χ1n) is 6.60. The van der Waals surface area contributed by atoms with E-state index in [4.69, 9.17) is 23.2 Å². The summed E-state index contributed by atoms with van der Waals surface area (Å²) in [7, 11) is 0. The Kier molecular flexibility index (Phi) is 3.87. The molecule has 0 saturated heterocycles. The van der Waals surface area contributed by atoms with Crippen molar-refractivity contribution >= 4 is 34.2 Å². The van der Waals surface area contributed by atoms with Crippen LogP contribution in [0.25, 0.3) is 16.7 Å². The lowest BCUT2D eigenvalue weighted by Crippen LogP contribution is -2.06. The lowest BCUT2D eigenvalue weighted by Gasteiger charge is -2.12. The number of rotatable bonds is 3. The summed E-state index contributed by atoms with van der Waals surface area (Å²) < 4.78 is 16.1. The maximum atomic E-state index is 14.3. The molecular formula is C16H13Cl2FN2. The van der Waals surface area contributed by atoms with Crippen LogP contribution < -0.4 is 0 Å². The smallest absolute Gasteiger partial charge is 0.148 e. The fraction of sp³-hybridized carbons (Fsp3) is 0.188. The SMILES string of the molecule is Cc1cccc2nc(CCCl)n(-c3c(F)cccc3Cl)c12. The van der Waals surface area contributed by atoms with Gasteiger partial charge in [-0.15, -0.1) is 11.6 Å². The molecule has 0 fully saturated rings. The monoisotopic (exact) mass is 322 g/mol. The molecule has 0 aliphatic rings. The van der Waals surface area contributed by atoms with Gasteiger partial charge in [-0.25, -0.2) is 9.37 Å². The molecule has 108 valence electrons. The Labute approximate surface area is 132 Å². The molecule has 0 radical (unpaired) electrons. The number of imidazole rings is 1. The Balaban J connectivity index is 2.42. The molecule has 0 saturated carbocycles. The number of hydrogen-bond acceptors (Lipinski definition) is 1. The van der Waals surface area contributed by atoms with E-state index in [-0.39, 0.29) is 5.82 Å². The normalized spacial score (nSPS) is 11.2. The summed E-state index contributed by atoms with van der Waals surface area (Å²) in [5.41, 5.74) is 3.02. The first kappa shape index (κ1) is 14.4. The van der Waals surface area contributed by atoms with Crippen molar-refractivity contribution in [3.63, 3.8) is 0 Å². The van der Waals surface area contributed by atoms with Crippen LogP contribution in [0.5, 0.6) is 0 Å². The van der Waals surface area contributed by atoms with E-state index in [9.17, 15) is 4.39 Å². The molecule has 21 heavy (non-hydrogen) atoms. The molecule has 0 spiro atoms. The van der Waals surface area contributed by atoms with Gasteiger partial charge < -0.3 is 0 Å². The topological polar surface area (TPSA) is 17.8 Å². The molecule has 1 heterocycles. The summed E-state index contributed by atoms with van der Waals surface area (Å²) in [6.07, 6.45) is 0.542. The van der Waals surface area contributed by atoms with Gasteiger partial charge in [0.2, 0.25) is 0 Å². The van der Waals surface area contributed by atoms with Gasteiger partial charge in [0.15, 0.2) is 0 Å². The molecule has 5 heteroatoms. The Morgan fingerprint density at radius 3 is 2.67 bits per heavy atom. The lowest BCUT2D eigenvalue weighted by atomic mass is 10.2. The van der Waals surface area contributed by atoms with E-state index in [1.165, 1.54) is 6.07 Å². The summed E-state index contributed by atoms with van der Waals surface area (Å²) in [5.74, 6) is 0.746. The standard InChI is InChI=1S/C16H13Cl2FN2/c1-10-4-2-7-13-15(10)21(14(20-13)8-9-17)16-11(18)5-3-6-12(16)19/h2-7H,8-9H2,1H3. The summed E-state index contributed by atoms with van der Waals surface area (Å²) in [4.78, 5) is 4.58. The number of benzene rings is 2. The average molecular weight is 323 g/mol. The van der Waals surface area contributed by atoms with E-state index in [1.807, 2.05) is 25.1 Å². The fourth-order valence-corrected chi connectivity index (χ4v) is 2.95. The maximum Gasteiger partial charge on any atom is 0.148 e. The first-order chi connectivity index (χ1) is 10.1. The summed E-state index contributed by atoms with van der Waals surface area (Å²) in [6.45, 7) is 1.97. The van der Waals surface area contributed by atoms with Crippen molar-refractivity contribution in [1.29, 1.82) is 0 Å². The number of halogens is 3. The highest BCUT2D eigenvalue weighted by atomic mass is 35.5. The predicted octanol–water partition coefficient (Wildman–Crippen LogP) is 4.91. The summed E-state index contributed by atoms with van der Waals surface area (Å²) in [6, 6.07) is 10.5. The van der Waals surface area contributed by atoms with E-state index in [0.29, 0.717) is 28.8 Å². The van der Waals surface area contributed by atoms with Crippen LogP contribution in [-0.2, 0) is 6.42 Å². The van der Waals surface area contributed by atoms with Crippen molar-refractivity contribution in [2.75, 3.05) is 5.88 Å². The largest absolute Gasteiger partial charge is 0.292 e. The number of aromatic nitrogens is 2. The lowest BCUT2D eigenvalue weighted by molar-refractivity contribution is 0.617. The van der Waals surface area contributed by atoms with Crippen molar-refractivity contribution in [3.05, 3.63) is 58.6 Å². The Bertz CT molecular complexity index is 791. The third-order valence-corrected chi connectivity index (χ3v) is 3.92. The number of nitrogens with zero attached hydrogens (tertiary/aromatic N) is 2. The number of alkyl halides is 1. The van der Waals surface area contributed by atoms with Gasteiger partial charge in [0, 0.05) is 12.3 Å². The van der Waals surface area contributed by atoms with Crippen molar-refractivity contribution in [1.82, 2.24) is 9.55 Å². The Hall–Kier alpha value is -1.58. The van der Waals surface area contributed by atoms with Gasteiger partial charge >= 0.3 is 0 Å². The molecule has 3 rings (SSSR count). The van der Waals surface area contributed by atoms with E-state index >= 15 is 0 Å². The van der Waals surface area contributed by atoms with Crippen LogP contribution >= 0.6 is 23.2 Å². The minimum atomic E-state index is -0.374. The molecule has 0 N–H and O–H groups in total. The Morgan fingerprint density at radius 2 is 1.95 bits per heavy atom. The number of hydrogen-bond donors (Lipinski definition) is 0. The van der Waals surface area contributed by atoms with Crippen LogP contribution in [0.3, 0.4) is 0 Å². The number of aryl methyl sites for hydroxylation is 2. The molecular weight excluding hydrogens is 310 g/mol. The van der Waals surface area contributed by atoms with Crippen LogP contribution in [0.15, 0.2) is 36.4 Å². The van der Waals surface area contributed by atoms with Crippen LogP contribution in [0.4, 0.5) is 4.39 Å². The van der Waals surface area contributed by atoms with Gasteiger partial charge in [-0.3, -0.25) is 4.57 Å². The summed E-state index contributed by atoms with van der Waals surface area (Å²) >= 11 is 12.1. The molecule has 3 aromatic rings. The quantitative estimate of drug-likeness (QED) is 0.626. The minimum Gasteiger partial charge on any atom is -0.292 e. The van der Waals surface area contributed by atoms with Gasteiger partial charge in [0.25, 0.3) is 0 Å². The predicted molar refractivity (Wildman–Crippen MR) is 85.2 cm³/mol. The van der Waals surface area contributed by atoms with Crippen LogP contribution in [-0.4, -0.2) is 15.4 Å². The van der Waals surface area contributed by atoms with Crippen LogP contribution in [0, 0.1) is 12.7 Å². The molecule has 2 aromatic carbocycles. The molecule has 0 aliphatic carbocycles. The molecule has 1 aromatic heterocycles. The zero-order valence-electron chi connectivity index (χ0n) is 11.4. The van der Waals surface area contributed by atoms with Gasteiger partial charge in [-0.2, -0.15) is 0 Å². The zero-order chi connectivity index (χ0) is 15.0. The van der Waals surface area contributed by atoms with E-state index < -0.39 is 0 Å².